The van der Waals surface area contributed by atoms with E-state index in [1.54, 1.807) is 13.1 Å². The molecule has 124 valence electrons. The highest BCUT2D eigenvalue weighted by Crippen LogP contribution is 2.23. The van der Waals surface area contributed by atoms with Crippen LogP contribution in [0.1, 0.15) is 54.2 Å². The minimum atomic E-state index is -0.734. The highest BCUT2D eigenvalue weighted by atomic mass is 16.3. The van der Waals surface area contributed by atoms with Gasteiger partial charge in [-0.2, -0.15) is 5.10 Å². The highest BCUT2D eigenvalue weighted by molar-refractivity contribution is 5.92. The number of aromatic nitrogens is 2. The number of hydrogen-bond donors (Lipinski definition) is 2. The molecular formula is C18H25N3O2. The van der Waals surface area contributed by atoms with E-state index >= 15 is 0 Å². The maximum Gasteiger partial charge on any atom is 0.269 e. The van der Waals surface area contributed by atoms with Gasteiger partial charge in [0.05, 0.1) is 11.8 Å². The molecule has 2 rings (SSSR count). The van der Waals surface area contributed by atoms with Crippen LogP contribution in [0.4, 0.5) is 0 Å². The molecule has 0 fully saturated rings. The lowest BCUT2D eigenvalue weighted by Crippen LogP contribution is -2.29. The molecule has 1 aromatic carbocycles. The van der Waals surface area contributed by atoms with Gasteiger partial charge in [0.1, 0.15) is 5.69 Å². The van der Waals surface area contributed by atoms with E-state index in [1.165, 1.54) is 10.2 Å². The van der Waals surface area contributed by atoms with Crippen LogP contribution in [0.25, 0.3) is 0 Å². The fourth-order valence-electron chi connectivity index (χ4n) is 2.43. The zero-order chi connectivity index (χ0) is 17.2. The Bertz CT molecular complexity index is 681. The van der Waals surface area contributed by atoms with Crippen molar-refractivity contribution < 1.29 is 9.90 Å². The zero-order valence-corrected chi connectivity index (χ0v) is 14.4. The minimum absolute atomic E-state index is 0.0785. The van der Waals surface area contributed by atoms with E-state index in [-0.39, 0.29) is 17.9 Å². The van der Waals surface area contributed by atoms with E-state index in [0.717, 1.165) is 11.3 Å². The van der Waals surface area contributed by atoms with Crippen LogP contribution in [0.3, 0.4) is 0 Å². The molecule has 5 heteroatoms. The number of carbonyl (C=O) groups is 1. The standard InChI is InChI=1S/C18H25N3O2/c1-12-10-15(21(5)20-12)17(23)19-11-16(22)13-6-8-14(9-7-13)18(2,3)4/h6-10,16,22H,11H2,1-5H3,(H,19,23). The SMILES string of the molecule is Cc1cc(C(=O)NCC(O)c2ccc(C(C)(C)C)cc2)n(C)n1. The maximum atomic E-state index is 12.1. The molecule has 0 saturated heterocycles. The van der Waals surface area contributed by atoms with Crippen molar-refractivity contribution in [3.63, 3.8) is 0 Å². The number of aliphatic hydroxyl groups is 1. The summed E-state index contributed by atoms with van der Waals surface area (Å²) in [7, 11) is 1.73. The average Bonchev–Trinajstić information content (AvgIpc) is 2.82. The van der Waals surface area contributed by atoms with Crippen LogP contribution >= 0.6 is 0 Å². The maximum absolute atomic E-state index is 12.1. The Morgan fingerprint density at radius 1 is 1.30 bits per heavy atom. The average molecular weight is 315 g/mol. The summed E-state index contributed by atoms with van der Waals surface area (Å²) in [5.74, 6) is -0.238. The van der Waals surface area contributed by atoms with Crippen LogP contribution in [0.5, 0.6) is 0 Å². The third kappa shape index (κ3) is 4.20. The lowest BCUT2D eigenvalue weighted by molar-refractivity contribution is 0.0907. The summed E-state index contributed by atoms with van der Waals surface area (Å²) in [6, 6.07) is 9.58. The second-order valence-corrected chi connectivity index (χ2v) is 6.89. The number of aliphatic hydroxyl groups excluding tert-OH is 1. The molecule has 5 nitrogen and oxygen atoms in total. The van der Waals surface area contributed by atoms with Crippen molar-refractivity contribution in [1.82, 2.24) is 15.1 Å². The van der Waals surface area contributed by atoms with Gasteiger partial charge in [-0.25, -0.2) is 0 Å². The Morgan fingerprint density at radius 3 is 2.39 bits per heavy atom. The van der Waals surface area contributed by atoms with Gasteiger partial charge in [-0.05, 0) is 29.5 Å². The minimum Gasteiger partial charge on any atom is -0.387 e. The van der Waals surface area contributed by atoms with Gasteiger partial charge in [0.2, 0.25) is 0 Å². The number of hydrogen-bond acceptors (Lipinski definition) is 3. The van der Waals surface area contributed by atoms with Gasteiger partial charge in [-0.3, -0.25) is 9.48 Å². The van der Waals surface area contributed by atoms with Crippen LogP contribution < -0.4 is 5.32 Å². The predicted octanol–water partition coefficient (Wildman–Crippen LogP) is 2.49. The zero-order valence-electron chi connectivity index (χ0n) is 14.4. The van der Waals surface area contributed by atoms with Crippen molar-refractivity contribution in [3.8, 4) is 0 Å². The molecule has 0 aliphatic rings. The topological polar surface area (TPSA) is 67.2 Å². The summed E-state index contributed by atoms with van der Waals surface area (Å²) in [5.41, 5.74) is 3.35. The van der Waals surface area contributed by atoms with E-state index in [4.69, 9.17) is 0 Å². The number of amides is 1. The van der Waals surface area contributed by atoms with Gasteiger partial charge >= 0.3 is 0 Å². The summed E-state index contributed by atoms with van der Waals surface area (Å²) in [4.78, 5) is 12.1. The first kappa shape index (κ1) is 17.2. The van der Waals surface area contributed by atoms with Gasteiger partial charge in [0.25, 0.3) is 5.91 Å². The smallest absolute Gasteiger partial charge is 0.269 e. The predicted molar refractivity (Wildman–Crippen MR) is 90.4 cm³/mol. The van der Waals surface area contributed by atoms with Crippen LogP contribution in [0.15, 0.2) is 30.3 Å². The van der Waals surface area contributed by atoms with Crippen LogP contribution in [0.2, 0.25) is 0 Å². The molecule has 0 aliphatic carbocycles. The Kier molecular flexibility index (Phi) is 4.90. The normalized spacial score (nSPS) is 13.0. The lowest BCUT2D eigenvalue weighted by atomic mass is 9.86. The number of aryl methyl sites for hydroxylation is 2. The molecule has 1 atom stereocenters. The molecular weight excluding hydrogens is 290 g/mol. The second kappa shape index (κ2) is 6.54. The van der Waals surface area contributed by atoms with Crippen molar-refractivity contribution in [2.45, 2.75) is 39.2 Å². The van der Waals surface area contributed by atoms with Crippen molar-refractivity contribution >= 4 is 5.91 Å². The van der Waals surface area contributed by atoms with E-state index < -0.39 is 6.10 Å². The van der Waals surface area contributed by atoms with Gasteiger partial charge in [0.15, 0.2) is 0 Å². The van der Waals surface area contributed by atoms with Crippen LogP contribution in [-0.2, 0) is 12.5 Å². The Labute approximate surface area is 137 Å². The fraction of sp³-hybridized carbons (Fsp3) is 0.444. The van der Waals surface area contributed by atoms with Crippen LogP contribution in [0, 0.1) is 6.92 Å². The summed E-state index contributed by atoms with van der Waals surface area (Å²) in [6.45, 7) is 8.44. The third-order valence-corrected chi connectivity index (χ3v) is 3.85. The Hall–Kier alpha value is -2.14. The largest absolute Gasteiger partial charge is 0.387 e. The third-order valence-electron chi connectivity index (χ3n) is 3.85. The number of benzene rings is 1. The lowest BCUT2D eigenvalue weighted by Gasteiger charge is -2.20. The molecule has 23 heavy (non-hydrogen) atoms. The highest BCUT2D eigenvalue weighted by Gasteiger charge is 2.16. The molecule has 0 saturated carbocycles. The Morgan fingerprint density at radius 2 is 1.91 bits per heavy atom. The molecule has 0 spiro atoms. The molecule has 1 aromatic heterocycles. The van der Waals surface area contributed by atoms with E-state index in [0.29, 0.717) is 5.69 Å². The number of nitrogens with one attached hydrogen (secondary N) is 1. The summed E-state index contributed by atoms with van der Waals surface area (Å²) in [6.07, 6.45) is -0.734. The van der Waals surface area contributed by atoms with Gasteiger partial charge in [-0.15, -0.1) is 0 Å². The fourth-order valence-corrected chi connectivity index (χ4v) is 2.43. The molecule has 0 bridgehead atoms. The summed E-state index contributed by atoms with van der Waals surface area (Å²) < 4.78 is 1.54. The first-order valence-corrected chi connectivity index (χ1v) is 7.76. The van der Waals surface area contributed by atoms with Crippen molar-refractivity contribution in [1.29, 1.82) is 0 Å². The Balaban J connectivity index is 1.98. The molecule has 0 aliphatic heterocycles. The first-order valence-electron chi connectivity index (χ1n) is 7.76. The second-order valence-electron chi connectivity index (χ2n) is 6.89. The van der Waals surface area contributed by atoms with Gasteiger partial charge in [0, 0.05) is 13.6 Å². The number of rotatable bonds is 4. The van der Waals surface area contributed by atoms with Gasteiger partial charge < -0.3 is 10.4 Å². The van der Waals surface area contributed by atoms with Crippen molar-refractivity contribution in [2.75, 3.05) is 6.54 Å². The molecule has 1 amide bonds. The molecule has 0 radical (unpaired) electrons. The summed E-state index contributed by atoms with van der Waals surface area (Å²) in [5, 5.41) is 17.1. The van der Waals surface area contributed by atoms with E-state index in [2.05, 4.69) is 31.2 Å². The van der Waals surface area contributed by atoms with Crippen molar-refractivity contribution in [3.05, 3.63) is 52.8 Å². The molecule has 1 unspecified atom stereocenters. The summed E-state index contributed by atoms with van der Waals surface area (Å²) >= 11 is 0. The monoisotopic (exact) mass is 315 g/mol. The first-order chi connectivity index (χ1) is 10.7. The van der Waals surface area contributed by atoms with E-state index in [9.17, 15) is 9.90 Å². The molecule has 2 aromatic rings. The van der Waals surface area contributed by atoms with E-state index in [1.807, 2.05) is 31.2 Å². The molecule has 2 N–H and O–H groups in total. The number of nitrogens with zero attached hydrogens (tertiary/aromatic N) is 2. The quantitative estimate of drug-likeness (QED) is 0.911. The van der Waals surface area contributed by atoms with Crippen LogP contribution in [-0.4, -0.2) is 27.3 Å². The van der Waals surface area contributed by atoms with Crippen molar-refractivity contribution in [2.24, 2.45) is 7.05 Å². The van der Waals surface area contributed by atoms with Gasteiger partial charge in [-0.1, -0.05) is 45.0 Å². The molecule has 1 heterocycles. The number of carbonyl (C=O) groups excluding carboxylic acids is 1.